The number of carbonyl (C=O) groups is 2. The van der Waals surface area contributed by atoms with E-state index in [1.807, 2.05) is 54.7 Å². The Hall–Kier alpha value is -4.00. The summed E-state index contributed by atoms with van der Waals surface area (Å²) in [5.41, 5.74) is 0. The van der Waals surface area contributed by atoms with Crippen LogP contribution in [0.5, 0.6) is 0 Å². The van der Waals surface area contributed by atoms with E-state index in [2.05, 4.69) is 99.0 Å². The minimum absolute atomic E-state index is 0.0743. The molecule has 0 spiro atoms. The van der Waals surface area contributed by atoms with Gasteiger partial charge in [0, 0.05) is 6.42 Å². The first kappa shape index (κ1) is 57.0. The molecular weight excluding hydrogens is 755 g/mol. The molecule has 0 aromatic carbocycles. The van der Waals surface area contributed by atoms with Crippen molar-refractivity contribution in [3.8, 4) is 0 Å². The number of ether oxygens (including phenoxy) is 1. The number of allylic oxidation sites excluding steroid dienone is 21. The van der Waals surface area contributed by atoms with E-state index in [4.69, 9.17) is 4.74 Å². The average Bonchev–Trinajstić information content (AvgIpc) is 3.25. The molecule has 0 saturated carbocycles. The molecule has 3 N–H and O–H groups in total. The highest BCUT2D eigenvalue weighted by molar-refractivity contribution is 5.78. The number of unbranched alkanes of at least 4 members (excludes halogenated alkanes) is 12. The largest absolute Gasteiger partial charge is 0.458 e. The molecule has 61 heavy (non-hydrogen) atoms. The molecule has 3 unspecified atom stereocenters. The molecule has 0 radical (unpaired) electrons. The molecule has 0 aromatic rings. The van der Waals surface area contributed by atoms with Crippen LogP contribution in [0.25, 0.3) is 0 Å². The van der Waals surface area contributed by atoms with E-state index in [0.717, 1.165) is 77.0 Å². The van der Waals surface area contributed by atoms with Gasteiger partial charge in [-0.3, -0.25) is 9.59 Å². The number of hydrogen-bond donors (Lipinski definition) is 3. The molecule has 342 valence electrons. The lowest BCUT2D eigenvalue weighted by molar-refractivity contribution is -0.148. The van der Waals surface area contributed by atoms with Crippen molar-refractivity contribution in [2.24, 2.45) is 0 Å². The van der Waals surface area contributed by atoms with Crippen LogP contribution in [0.15, 0.2) is 134 Å². The van der Waals surface area contributed by atoms with E-state index in [0.29, 0.717) is 19.3 Å². The summed E-state index contributed by atoms with van der Waals surface area (Å²) < 4.78 is 5.79. The van der Waals surface area contributed by atoms with Crippen LogP contribution in [0, 0.1) is 0 Å². The zero-order valence-electron chi connectivity index (χ0n) is 38.7. The number of aliphatic hydroxyl groups is 2. The first-order valence-electron chi connectivity index (χ1n) is 24.0. The van der Waals surface area contributed by atoms with E-state index in [-0.39, 0.29) is 31.3 Å². The lowest BCUT2D eigenvalue weighted by atomic mass is 10.0. The maximum atomic E-state index is 13.1. The fourth-order valence-electron chi connectivity index (χ4n) is 6.27. The number of esters is 1. The molecule has 0 rings (SSSR count). The SMILES string of the molecule is CC/C=C\C/C=C\C/C=C\C/C=C\C/C=C\C/C=C\C(CC(=O)NC(CO)C(O)CCCCCCCCCCCC)OC(=O)CCCCC/C=C/C=C\C=C/C=C/C=C/CC. The number of amides is 1. The van der Waals surface area contributed by atoms with Gasteiger partial charge in [-0.25, -0.2) is 0 Å². The second-order valence-electron chi connectivity index (χ2n) is 15.5. The Morgan fingerprint density at radius 3 is 1.51 bits per heavy atom. The minimum Gasteiger partial charge on any atom is -0.458 e. The maximum absolute atomic E-state index is 13.1. The fourth-order valence-corrected chi connectivity index (χ4v) is 6.27. The average molecular weight is 842 g/mol. The zero-order chi connectivity index (χ0) is 44.5. The summed E-state index contributed by atoms with van der Waals surface area (Å²) in [5, 5.41) is 23.6. The number of rotatable bonds is 40. The summed E-state index contributed by atoms with van der Waals surface area (Å²) in [7, 11) is 0. The molecule has 0 aliphatic heterocycles. The molecule has 0 fully saturated rings. The van der Waals surface area contributed by atoms with Crippen LogP contribution >= 0.6 is 0 Å². The van der Waals surface area contributed by atoms with Crippen LogP contribution in [-0.4, -0.2) is 46.9 Å². The van der Waals surface area contributed by atoms with Gasteiger partial charge in [-0.2, -0.15) is 0 Å². The summed E-state index contributed by atoms with van der Waals surface area (Å²) in [6.07, 6.45) is 66.8. The molecule has 0 bridgehead atoms. The molecule has 0 saturated heterocycles. The van der Waals surface area contributed by atoms with Crippen LogP contribution < -0.4 is 5.32 Å². The molecule has 1 amide bonds. The summed E-state index contributed by atoms with van der Waals surface area (Å²) in [6, 6.07) is -0.760. The standard InChI is InChI=1S/C55H87NO5/c1-4-7-10-13-16-19-22-24-26-27-29-30-32-34-37-40-43-46-51(61-55(60)48-45-42-39-36-33-31-28-25-23-20-17-14-11-8-5-2)49-54(59)56-52(50-57)53(58)47-44-41-38-35-21-18-15-12-9-6-3/h7-8,10-11,14,16-17,19-20,23-26,28-31,33-34,37,43,46,51-53,57-58H,4-6,9,12-13,15,18,21-22,27,32,35-36,38-42,44-45,47-50H2,1-3H3,(H,56,59)/b10-7-,11-8+,17-14+,19-16-,23-20-,26-24-,28-25-,30-29-,33-31+,37-34-,46-43-. The lowest BCUT2D eigenvalue weighted by Crippen LogP contribution is -2.46. The van der Waals surface area contributed by atoms with Crippen molar-refractivity contribution in [1.29, 1.82) is 0 Å². The third-order valence-corrected chi connectivity index (χ3v) is 9.85. The van der Waals surface area contributed by atoms with Crippen molar-refractivity contribution in [1.82, 2.24) is 5.32 Å². The van der Waals surface area contributed by atoms with E-state index in [1.54, 1.807) is 6.08 Å². The monoisotopic (exact) mass is 842 g/mol. The minimum atomic E-state index is -0.835. The second kappa shape index (κ2) is 47.1. The molecule has 0 aliphatic carbocycles. The third kappa shape index (κ3) is 42.5. The van der Waals surface area contributed by atoms with E-state index in [9.17, 15) is 19.8 Å². The Morgan fingerprint density at radius 2 is 0.984 bits per heavy atom. The summed E-state index contributed by atoms with van der Waals surface area (Å²) >= 11 is 0. The quantitative estimate of drug-likeness (QED) is 0.0247. The third-order valence-electron chi connectivity index (χ3n) is 9.85. The van der Waals surface area contributed by atoms with Crippen LogP contribution in [0.3, 0.4) is 0 Å². The summed E-state index contributed by atoms with van der Waals surface area (Å²) in [4.78, 5) is 26.0. The van der Waals surface area contributed by atoms with Crippen LogP contribution in [0.1, 0.15) is 175 Å². The van der Waals surface area contributed by atoms with Gasteiger partial charge in [0.15, 0.2) is 0 Å². The maximum Gasteiger partial charge on any atom is 0.306 e. The van der Waals surface area contributed by atoms with Crippen molar-refractivity contribution >= 4 is 11.9 Å². The molecule has 6 heteroatoms. The topological polar surface area (TPSA) is 95.9 Å². The number of hydrogen-bond acceptors (Lipinski definition) is 5. The van der Waals surface area contributed by atoms with Gasteiger partial charge in [-0.05, 0) is 76.7 Å². The van der Waals surface area contributed by atoms with Crippen LogP contribution in [-0.2, 0) is 14.3 Å². The highest BCUT2D eigenvalue weighted by Gasteiger charge is 2.23. The van der Waals surface area contributed by atoms with Crippen molar-refractivity contribution in [2.75, 3.05) is 6.61 Å². The van der Waals surface area contributed by atoms with Gasteiger partial charge in [-0.15, -0.1) is 0 Å². The smallest absolute Gasteiger partial charge is 0.306 e. The number of aliphatic hydroxyl groups excluding tert-OH is 2. The van der Waals surface area contributed by atoms with Crippen molar-refractivity contribution in [3.63, 3.8) is 0 Å². The second-order valence-corrected chi connectivity index (χ2v) is 15.5. The highest BCUT2D eigenvalue weighted by Crippen LogP contribution is 2.14. The van der Waals surface area contributed by atoms with Crippen molar-refractivity contribution in [2.45, 2.75) is 193 Å². The lowest BCUT2D eigenvalue weighted by Gasteiger charge is -2.23. The number of nitrogens with one attached hydrogen (secondary N) is 1. The summed E-state index contributed by atoms with van der Waals surface area (Å²) in [5.74, 6) is -0.697. The van der Waals surface area contributed by atoms with Crippen molar-refractivity contribution in [3.05, 3.63) is 134 Å². The van der Waals surface area contributed by atoms with Gasteiger partial charge < -0.3 is 20.3 Å². The van der Waals surface area contributed by atoms with Gasteiger partial charge >= 0.3 is 5.97 Å². The Bertz CT molecular complexity index is 1360. The fraction of sp³-hybridized carbons (Fsp3) is 0.564. The van der Waals surface area contributed by atoms with E-state index >= 15 is 0 Å². The molecule has 0 aliphatic rings. The first-order chi connectivity index (χ1) is 30.0. The zero-order valence-corrected chi connectivity index (χ0v) is 38.7. The van der Waals surface area contributed by atoms with E-state index < -0.39 is 18.2 Å². The molecule has 3 atom stereocenters. The molecular formula is C55H87NO5. The summed E-state index contributed by atoms with van der Waals surface area (Å²) in [6.45, 7) is 6.14. The Labute approximate surface area is 373 Å². The van der Waals surface area contributed by atoms with Gasteiger partial charge in [0.05, 0.1) is 25.2 Å². The van der Waals surface area contributed by atoms with Gasteiger partial charge in [0.25, 0.3) is 0 Å². The predicted molar refractivity (Wildman–Crippen MR) is 263 cm³/mol. The first-order valence-corrected chi connectivity index (χ1v) is 24.0. The van der Waals surface area contributed by atoms with Crippen LogP contribution in [0.2, 0.25) is 0 Å². The molecule has 6 nitrogen and oxygen atoms in total. The van der Waals surface area contributed by atoms with Gasteiger partial charge in [0.1, 0.15) is 6.10 Å². The highest BCUT2D eigenvalue weighted by atomic mass is 16.5. The molecule has 0 heterocycles. The normalized spacial score (nSPS) is 14.5. The van der Waals surface area contributed by atoms with Gasteiger partial charge in [-0.1, -0.05) is 219 Å². The predicted octanol–water partition coefficient (Wildman–Crippen LogP) is 14.3. The number of carbonyl (C=O) groups excluding carboxylic acids is 2. The Morgan fingerprint density at radius 1 is 0.525 bits per heavy atom. The van der Waals surface area contributed by atoms with E-state index in [1.165, 1.54) is 44.9 Å². The van der Waals surface area contributed by atoms with Gasteiger partial charge in [0.2, 0.25) is 5.91 Å². The molecule has 0 aromatic heterocycles. The Kier molecular flexibility index (Phi) is 44.0. The Balaban J connectivity index is 4.92. The van der Waals surface area contributed by atoms with Crippen molar-refractivity contribution < 1.29 is 24.5 Å². The van der Waals surface area contributed by atoms with Crippen LogP contribution in [0.4, 0.5) is 0 Å².